The molecular formula is C12H9FN2O3. The molecule has 0 atom stereocenters. The van der Waals surface area contributed by atoms with Crippen LogP contribution in [0, 0.1) is 5.82 Å². The van der Waals surface area contributed by atoms with Gasteiger partial charge in [0.15, 0.2) is 5.69 Å². The van der Waals surface area contributed by atoms with Crippen molar-refractivity contribution >= 4 is 5.97 Å². The zero-order valence-corrected chi connectivity index (χ0v) is 9.42. The molecule has 0 radical (unpaired) electrons. The van der Waals surface area contributed by atoms with Gasteiger partial charge < -0.3 is 9.84 Å². The van der Waals surface area contributed by atoms with Crippen LogP contribution in [0.4, 0.5) is 4.39 Å². The third-order valence-electron chi connectivity index (χ3n) is 2.32. The fourth-order valence-electron chi connectivity index (χ4n) is 1.47. The summed E-state index contributed by atoms with van der Waals surface area (Å²) in [4.78, 5) is 10.6. The van der Waals surface area contributed by atoms with E-state index in [1.165, 1.54) is 37.4 Å². The van der Waals surface area contributed by atoms with Crippen molar-refractivity contribution in [1.29, 1.82) is 0 Å². The van der Waals surface area contributed by atoms with Crippen molar-refractivity contribution in [2.75, 3.05) is 7.11 Å². The Kier molecular flexibility index (Phi) is 3.18. The second-order valence-corrected chi connectivity index (χ2v) is 3.45. The number of halogens is 1. The minimum atomic E-state index is -1.17. The van der Waals surface area contributed by atoms with Crippen LogP contribution in [0.2, 0.25) is 0 Å². The number of aromatic nitrogens is 2. The van der Waals surface area contributed by atoms with Crippen molar-refractivity contribution in [3.63, 3.8) is 0 Å². The van der Waals surface area contributed by atoms with Crippen LogP contribution >= 0.6 is 0 Å². The molecule has 0 saturated heterocycles. The first kappa shape index (κ1) is 12.0. The molecule has 92 valence electrons. The Hall–Kier alpha value is -2.50. The van der Waals surface area contributed by atoms with Crippen molar-refractivity contribution in [1.82, 2.24) is 10.2 Å². The van der Waals surface area contributed by atoms with Crippen LogP contribution in [0.5, 0.6) is 5.75 Å². The van der Waals surface area contributed by atoms with Gasteiger partial charge in [-0.05, 0) is 30.3 Å². The van der Waals surface area contributed by atoms with Crippen LogP contribution in [-0.2, 0) is 0 Å². The Balaban J connectivity index is 2.48. The lowest BCUT2D eigenvalue weighted by atomic mass is 10.1. The van der Waals surface area contributed by atoms with E-state index in [4.69, 9.17) is 9.84 Å². The number of ether oxygens (including phenoxy) is 1. The first-order valence-corrected chi connectivity index (χ1v) is 5.03. The van der Waals surface area contributed by atoms with Gasteiger partial charge >= 0.3 is 5.97 Å². The van der Waals surface area contributed by atoms with Crippen LogP contribution in [0.1, 0.15) is 10.5 Å². The summed E-state index contributed by atoms with van der Waals surface area (Å²) in [5.74, 6) is -1.16. The first-order valence-electron chi connectivity index (χ1n) is 5.03. The summed E-state index contributed by atoms with van der Waals surface area (Å²) in [6, 6.07) is 6.74. The molecule has 0 saturated carbocycles. The molecule has 0 unspecified atom stereocenters. The van der Waals surface area contributed by atoms with Crippen molar-refractivity contribution in [2.24, 2.45) is 0 Å². The lowest BCUT2D eigenvalue weighted by Gasteiger charge is -2.07. The molecule has 18 heavy (non-hydrogen) atoms. The molecule has 2 aromatic rings. The van der Waals surface area contributed by atoms with E-state index in [2.05, 4.69) is 10.2 Å². The minimum Gasteiger partial charge on any atom is -0.496 e. The number of carbonyl (C=O) groups is 1. The van der Waals surface area contributed by atoms with Gasteiger partial charge in [0.25, 0.3) is 0 Å². The van der Waals surface area contributed by atoms with E-state index in [9.17, 15) is 9.18 Å². The smallest absolute Gasteiger partial charge is 0.356 e. The normalized spacial score (nSPS) is 10.1. The number of benzene rings is 1. The lowest BCUT2D eigenvalue weighted by molar-refractivity contribution is 0.0689. The highest BCUT2D eigenvalue weighted by Gasteiger charge is 2.11. The highest BCUT2D eigenvalue weighted by molar-refractivity contribution is 5.85. The molecular weight excluding hydrogens is 239 g/mol. The van der Waals surface area contributed by atoms with Gasteiger partial charge in [-0.15, -0.1) is 10.2 Å². The van der Waals surface area contributed by atoms with Gasteiger partial charge in [-0.1, -0.05) is 0 Å². The molecule has 0 aliphatic rings. The van der Waals surface area contributed by atoms with E-state index in [-0.39, 0.29) is 5.69 Å². The Bertz CT molecular complexity index is 584. The van der Waals surface area contributed by atoms with Gasteiger partial charge in [0.05, 0.1) is 12.8 Å². The summed E-state index contributed by atoms with van der Waals surface area (Å²) < 4.78 is 18.3. The Morgan fingerprint density at radius 1 is 1.28 bits per heavy atom. The third-order valence-corrected chi connectivity index (χ3v) is 2.32. The average molecular weight is 248 g/mol. The molecule has 1 aromatic carbocycles. The predicted molar refractivity (Wildman–Crippen MR) is 60.9 cm³/mol. The molecule has 0 aliphatic heterocycles. The van der Waals surface area contributed by atoms with Crippen LogP contribution in [0.25, 0.3) is 11.3 Å². The molecule has 0 aliphatic carbocycles. The van der Waals surface area contributed by atoms with E-state index >= 15 is 0 Å². The largest absolute Gasteiger partial charge is 0.496 e. The summed E-state index contributed by atoms with van der Waals surface area (Å²) in [6.07, 6.45) is 0. The van der Waals surface area contributed by atoms with Crippen molar-refractivity contribution < 1.29 is 19.0 Å². The van der Waals surface area contributed by atoms with E-state index in [1.54, 1.807) is 0 Å². The van der Waals surface area contributed by atoms with Crippen LogP contribution in [0.15, 0.2) is 30.3 Å². The molecule has 0 spiro atoms. The van der Waals surface area contributed by atoms with E-state index in [0.717, 1.165) is 0 Å². The number of rotatable bonds is 3. The van der Waals surface area contributed by atoms with Gasteiger partial charge in [0, 0.05) is 5.56 Å². The van der Waals surface area contributed by atoms with Gasteiger partial charge in [-0.25, -0.2) is 9.18 Å². The molecule has 0 bridgehead atoms. The topological polar surface area (TPSA) is 72.3 Å². The molecule has 1 heterocycles. The van der Waals surface area contributed by atoms with Gasteiger partial charge in [-0.2, -0.15) is 0 Å². The number of carboxylic acid groups (broad SMARTS) is 1. The summed E-state index contributed by atoms with van der Waals surface area (Å²) in [5.41, 5.74) is 0.590. The van der Waals surface area contributed by atoms with Gasteiger partial charge in [0.1, 0.15) is 11.6 Å². The number of hydrogen-bond acceptors (Lipinski definition) is 4. The SMILES string of the molecule is COc1ccc(F)cc1-c1ccc(C(=O)O)nn1. The molecule has 2 rings (SSSR count). The van der Waals surface area contributed by atoms with Crippen molar-refractivity contribution in [2.45, 2.75) is 0 Å². The fourth-order valence-corrected chi connectivity index (χ4v) is 1.47. The van der Waals surface area contributed by atoms with Crippen LogP contribution in [-0.4, -0.2) is 28.4 Å². The van der Waals surface area contributed by atoms with E-state index in [1.807, 2.05) is 0 Å². The molecule has 0 amide bonds. The van der Waals surface area contributed by atoms with Crippen LogP contribution < -0.4 is 4.74 Å². The number of hydrogen-bond donors (Lipinski definition) is 1. The third kappa shape index (κ3) is 2.27. The lowest BCUT2D eigenvalue weighted by Crippen LogP contribution is -2.02. The predicted octanol–water partition coefficient (Wildman–Crippen LogP) is 1.99. The minimum absolute atomic E-state index is 0.172. The average Bonchev–Trinajstić information content (AvgIpc) is 2.39. The molecule has 0 fully saturated rings. The quantitative estimate of drug-likeness (QED) is 0.899. The monoisotopic (exact) mass is 248 g/mol. The zero-order chi connectivity index (χ0) is 13.1. The Labute approximate surface area is 102 Å². The number of nitrogens with zero attached hydrogens (tertiary/aromatic N) is 2. The highest BCUT2D eigenvalue weighted by atomic mass is 19.1. The summed E-state index contributed by atoms with van der Waals surface area (Å²) in [7, 11) is 1.45. The maximum atomic E-state index is 13.2. The van der Waals surface area contributed by atoms with Crippen molar-refractivity contribution in [3.05, 3.63) is 41.8 Å². The zero-order valence-electron chi connectivity index (χ0n) is 9.42. The first-order chi connectivity index (χ1) is 8.61. The standard InChI is InChI=1S/C12H9FN2O3/c1-18-11-5-2-7(13)6-8(11)9-3-4-10(12(16)17)15-14-9/h2-6H,1H3,(H,16,17). The number of carboxylic acids is 1. The molecule has 1 N–H and O–H groups in total. The summed E-state index contributed by atoms with van der Waals surface area (Å²) >= 11 is 0. The molecule has 6 heteroatoms. The molecule has 5 nitrogen and oxygen atoms in total. The maximum Gasteiger partial charge on any atom is 0.356 e. The van der Waals surface area contributed by atoms with Gasteiger partial charge in [-0.3, -0.25) is 0 Å². The van der Waals surface area contributed by atoms with Crippen LogP contribution in [0.3, 0.4) is 0 Å². The summed E-state index contributed by atoms with van der Waals surface area (Å²) in [5, 5.41) is 16.0. The Morgan fingerprint density at radius 3 is 2.61 bits per heavy atom. The van der Waals surface area contributed by atoms with Gasteiger partial charge in [0.2, 0.25) is 0 Å². The second kappa shape index (κ2) is 4.79. The molecule has 1 aromatic heterocycles. The summed E-state index contributed by atoms with van der Waals surface area (Å²) in [6.45, 7) is 0. The van der Waals surface area contributed by atoms with Crippen molar-refractivity contribution in [3.8, 4) is 17.0 Å². The second-order valence-electron chi connectivity index (χ2n) is 3.45. The number of methoxy groups -OCH3 is 1. The van der Waals surface area contributed by atoms with E-state index < -0.39 is 11.8 Å². The highest BCUT2D eigenvalue weighted by Crippen LogP contribution is 2.28. The number of aromatic carboxylic acids is 1. The fraction of sp³-hybridized carbons (Fsp3) is 0.0833. The maximum absolute atomic E-state index is 13.2. The Morgan fingerprint density at radius 2 is 2.06 bits per heavy atom. The van der Waals surface area contributed by atoms with E-state index in [0.29, 0.717) is 17.0 Å².